The summed E-state index contributed by atoms with van der Waals surface area (Å²) >= 11 is 0. The molecule has 90 valence electrons. The van der Waals surface area contributed by atoms with E-state index in [-0.39, 0.29) is 0 Å². The molecule has 0 aliphatic heterocycles. The van der Waals surface area contributed by atoms with Gasteiger partial charge in [-0.3, -0.25) is 0 Å². The third-order valence-electron chi connectivity index (χ3n) is 3.56. The van der Waals surface area contributed by atoms with Gasteiger partial charge in [-0.25, -0.2) is 0 Å². The molecule has 1 fully saturated rings. The summed E-state index contributed by atoms with van der Waals surface area (Å²) in [6.07, 6.45) is 4.99. The predicted octanol–water partition coefficient (Wildman–Crippen LogP) is 3.13. The largest absolute Gasteiger partial charge is 0.397 e. The monoisotopic (exact) mass is 229 g/mol. The number of hydrogen-bond donors (Lipinski definition) is 2. The van der Waals surface area contributed by atoms with Crippen LogP contribution in [-0.4, -0.2) is 6.04 Å². The van der Waals surface area contributed by atoms with Crippen molar-refractivity contribution in [2.45, 2.75) is 38.6 Å². The van der Waals surface area contributed by atoms with Gasteiger partial charge in [-0.05, 0) is 49.8 Å². The predicted molar refractivity (Wildman–Crippen MR) is 70.6 cm³/mol. The van der Waals surface area contributed by atoms with Gasteiger partial charge in [0.1, 0.15) is 0 Å². The molecule has 3 nitrogen and oxygen atoms in total. The molecule has 0 bridgehead atoms. The third-order valence-corrected chi connectivity index (χ3v) is 3.56. The van der Waals surface area contributed by atoms with E-state index >= 15 is 0 Å². The molecule has 17 heavy (non-hydrogen) atoms. The summed E-state index contributed by atoms with van der Waals surface area (Å²) in [6.45, 7) is 2.31. The van der Waals surface area contributed by atoms with Crippen LogP contribution in [-0.2, 0) is 0 Å². The van der Waals surface area contributed by atoms with Crippen molar-refractivity contribution in [2.75, 3.05) is 11.1 Å². The summed E-state index contributed by atoms with van der Waals surface area (Å²) < 4.78 is 0. The van der Waals surface area contributed by atoms with Crippen LogP contribution in [0.1, 0.15) is 38.2 Å². The summed E-state index contributed by atoms with van der Waals surface area (Å²) in [6, 6.07) is 8.07. The van der Waals surface area contributed by atoms with Gasteiger partial charge >= 0.3 is 0 Å². The highest BCUT2D eigenvalue weighted by Crippen LogP contribution is 2.28. The van der Waals surface area contributed by atoms with E-state index in [1.807, 2.05) is 12.1 Å². The molecule has 0 amide bonds. The van der Waals surface area contributed by atoms with E-state index in [2.05, 4.69) is 18.3 Å². The summed E-state index contributed by atoms with van der Waals surface area (Å²) in [4.78, 5) is 0. The van der Waals surface area contributed by atoms with Crippen LogP contribution >= 0.6 is 0 Å². The van der Waals surface area contributed by atoms with Gasteiger partial charge in [0.2, 0.25) is 0 Å². The van der Waals surface area contributed by atoms with Crippen LogP contribution in [0, 0.1) is 17.2 Å². The highest BCUT2D eigenvalue weighted by Gasteiger charge is 2.18. The quantitative estimate of drug-likeness (QED) is 0.766. The lowest BCUT2D eigenvalue weighted by atomic mass is 9.87. The van der Waals surface area contributed by atoms with Crippen LogP contribution in [0.25, 0.3) is 0 Å². The first-order valence-electron chi connectivity index (χ1n) is 6.25. The maximum absolute atomic E-state index is 8.78. The van der Waals surface area contributed by atoms with Crippen molar-refractivity contribution in [1.82, 2.24) is 0 Å². The number of nitrogens with one attached hydrogen (secondary N) is 1. The molecular formula is C14H19N3. The van der Waals surface area contributed by atoms with Gasteiger partial charge < -0.3 is 11.1 Å². The number of hydrogen-bond acceptors (Lipinski definition) is 3. The fourth-order valence-electron chi connectivity index (χ4n) is 2.39. The zero-order valence-corrected chi connectivity index (χ0v) is 10.2. The zero-order chi connectivity index (χ0) is 12.3. The van der Waals surface area contributed by atoms with Gasteiger partial charge in [0.25, 0.3) is 0 Å². The van der Waals surface area contributed by atoms with E-state index in [0.717, 1.165) is 11.6 Å². The third kappa shape index (κ3) is 2.91. The summed E-state index contributed by atoms with van der Waals surface area (Å²) in [5, 5.41) is 12.3. The molecule has 1 aromatic rings. The Morgan fingerprint density at radius 1 is 1.29 bits per heavy atom. The van der Waals surface area contributed by atoms with Crippen LogP contribution in [0.2, 0.25) is 0 Å². The van der Waals surface area contributed by atoms with Crippen LogP contribution in [0.4, 0.5) is 11.4 Å². The first-order valence-corrected chi connectivity index (χ1v) is 6.25. The molecule has 0 aromatic heterocycles. The van der Waals surface area contributed by atoms with Crippen molar-refractivity contribution >= 4 is 11.4 Å². The van der Waals surface area contributed by atoms with E-state index in [0.29, 0.717) is 17.3 Å². The van der Waals surface area contributed by atoms with E-state index in [1.165, 1.54) is 25.7 Å². The Morgan fingerprint density at radius 3 is 2.59 bits per heavy atom. The van der Waals surface area contributed by atoms with Crippen molar-refractivity contribution in [3.63, 3.8) is 0 Å². The van der Waals surface area contributed by atoms with Crippen molar-refractivity contribution in [2.24, 2.45) is 5.92 Å². The number of anilines is 2. The number of benzene rings is 1. The summed E-state index contributed by atoms with van der Waals surface area (Å²) in [5.41, 5.74) is 8.17. The van der Waals surface area contributed by atoms with Crippen molar-refractivity contribution in [3.8, 4) is 6.07 Å². The Morgan fingerprint density at radius 2 is 2.00 bits per heavy atom. The number of nitrogen functional groups attached to an aromatic ring is 1. The van der Waals surface area contributed by atoms with E-state index < -0.39 is 0 Å². The Bertz CT molecular complexity index is 426. The normalized spacial score (nSPS) is 24.0. The maximum atomic E-state index is 8.78. The van der Waals surface area contributed by atoms with Crippen LogP contribution < -0.4 is 11.1 Å². The molecule has 1 saturated carbocycles. The molecule has 2 rings (SSSR count). The fraction of sp³-hybridized carbons (Fsp3) is 0.500. The molecule has 1 aliphatic rings. The molecule has 0 saturated heterocycles. The molecule has 0 spiro atoms. The number of nitrogens with two attached hydrogens (primary N) is 1. The molecule has 3 heteroatoms. The van der Waals surface area contributed by atoms with Crippen molar-refractivity contribution in [1.29, 1.82) is 5.26 Å². The van der Waals surface area contributed by atoms with Gasteiger partial charge in [0, 0.05) is 6.04 Å². The zero-order valence-electron chi connectivity index (χ0n) is 10.2. The fourth-order valence-corrected chi connectivity index (χ4v) is 2.39. The maximum Gasteiger partial charge on any atom is 0.0992 e. The molecule has 0 heterocycles. The van der Waals surface area contributed by atoms with Crippen molar-refractivity contribution < 1.29 is 0 Å². The molecule has 1 aromatic carbocycles. The van der Waals surface area contributed by atoms with Crippen LogP contribution in [0.15, 0.2) is 18.2 Å². The Kier molecular flexibility index (Phi) is 3.53. The minimum absolute atomic E-state index is 0.529. The minimum Gasteiger partial charge on any atom is -0.397 e. The van der Waals surface area contributed by atoms with Crippen LogP contribution in [0.3, 0.4) is 0 Å². The second-order valence-electron chi connectivity index (χ2n) is 5.01. The minimum atomic E-state index is 0.529. The van der Waals surface area contributed by atoms with Gasteiger partial charge in [-0.15, -0.1) is 0 Å². The Balaban J connectivity index is 2.02. The second kappa shape index (κ2) is 5.09. The average molecular weight is 229 g/mol. The van der Waals surface area contributed by atoms with Crippen molar-refractivity contribution in [3.05, 3.63) is 23.8 Å². The van der Waals surface area contributed by atoms with Gasteiger partial charge in [-0.1, -0.05) is 6.92 Å². The molecular weight excluding hydrogens is 210 g/mol. The highest BCUT2D eigenvalue weighted by molar-refractivity contribution is 5.68. The smallest absolute Gasteiger partial charge is 0.0992 e. The molecule has 0 radical (unpaired) electrons. The summed E-state index contributed by atoms with van der Waals surface area (Å²) in [7, 11) is 0. The van der Waals surface area contributed by atoms with E-state index in [1.54, 1.807) is 6.07 Å². The topological polar surface area (TPSA) is 61.8 Å². The van der Waals surface area contributed by atoms with Gasteiger partial charge in [0.15, 0.2) is 0 Å². The molecule has 0 atom stereocenters. The standard InChI is InChI=1S/C14H19N3/c1-10-2-5-12(6-3-10)17-14-7-4-11(9-15)8-13(14)16/h4,7-8,10,12,17H,2-3,5-6,16H2,1H3. The van der Waals surface area contributed by atoms with E-state index in [9.17, 15) is 0 Å². The number of nitriles is 1. The lowest BCUT2D eigenvalue weighted by Gasteiger charge is -2.28. The first kappa shape index (κ1) is 11.8. The van der Waals surface area contributed by atoms with Gasteiger partial charge in [0.05, 0.1) is 23.0 Å². The van der Waals surface area contributed by atoms with Crippen LogP contribution in [0.5, 0.6) is 0 Å². The lowest BCUT2D eigenvalue weighted by Crippen LogP contribution is -2.25. The average Bonchev–Trinajstić information content (AvgIpc) is 2.34. The molecule has 0 unspecified atom stereocenters. The first-order chi connectivity index (χ1) is 8.19. The summed E-state index contributed by atoms with van der Waals surface area (Å²) in [5.74, 6) is 0.853. The Hall–Kier alpha value is -1.69. The molecule has 1 aliphatic carbocycles. The number of nitrogens with zero attached hydrogens (tertiary/aromatic N) is 1. The van der Waals surface area contributed by atoms with Gasteiger partial charge in [-0.2, -0.15) is 5.26 Å². The van der Waals surface area contributed by atoms with E-state index in [4.69, 9.17) is 11.0 Å². The highest BCUT2D eigenvalue weighted by atomic mass is 14.9. The lowest BCUT2D eigenvalue weighted by molar-refractivity contribution is 0.361. The number of rotatable bonds is 2. The Labute approximate surface area is 103 Å². The second-order valence-corrected chi connectivity index (χ2v) is 5.01. The molecule has 3 N–H and O–H groups in total. The SMILES string of the molecule is CC1CCC(Nc2ccc(C#N)cc2N)CC1.